The Morgan fingerprint density at radius 2 is 2.12 bits per heavy atom. The van der Waals surface area contributed by atoms with E-state index in [-0.39, 0.29) is 6.10 Å². The minimum absolute atomic E-state index is 0.199. The molecule has 4 rings (SSSR count). The molecular weight excluding hydrogens is 326 g/mol. The first-order chi connectivity index (χ1) is 12.7. The van der Waals surface area contributed by atoms with Crippen LogP contribution < -0.4 is 4.74 Å². The largest absolute Gasteiger partial charge is 0.487 e. The van der Waals surface area contributed by atoms with E-state index in [0.29, 0.717) is 6.54 Å². The molecule has 1 aliphatic rings. The Morgan fingerprint density at radius 1 is 1.19 bits per heavy atom. The monoisotopic (exact) mass is 349 g/mol. The van der Waals surface area contributed by atoms with Crippen molar-refractivity contribution in [3.8, 4) is 5.75 Å². The molecule has 1 N–H and O–H groups in total. The molecule has 134 valence electrons. The first-order valence-corrected chi connectivity index (χ1v) is 9.01. The number of hydrogen-bond acceptors (Lipinski definition) is 5. The molecule has 2 atom stereocenters. The number of rotatable bonds is 4. The number of aromatic nitrogens is 2. The minimum atomic E-state index is -0.516. The Morgan fingerprint density at radius 3 is 2.96 bits per heavy atom. The number of aryl methyl sites for hydroxylation is 1. The highest BCUT2D eigenvalue weighted by Crippen LogP contribution is 2.27. The summed E-state index contributed by atoms with van der Waals surface area (Å²) in [6, 6.07) is 11.8. The maximum absolute atomic E-state index is 10.6. The summed E-state index contributed by atoms with van der Waals surface area (Å²) in [5, 5.41) is 11.6. The quantitative estimate of drug-likeness (QED) is 0.785. The molecule has 3 heterocycles. The summed E-state index contributed by atoms with van der Waals surface area (Å²) in [5.41, 5.74) is 3.35. The predicted octanol–water partition coefficient (Wildman–Crippen LogP) is 2.95. The molecule has 0 amide bonds. The van der Waals surface area contributed by atoms with E-state index in [2.05, 4.69) is 21.8 Å². The molecule has 0 spiro atoms. The van der Waals surface area contributed by atoms with E-state index in [9.17, 15) is 5.11 Å². The molecule has 1 fully saturated rings. The van der Waals surface area contributed by atoms with Crippen LogP contribution in [0, 0.1) is 6.92 Å². The van der Waals surface area contributed by atoms with Gasteiger partial charge in [-0.25, -0.2) is 0 Å². The summed E-state index contributed by atoms with van der Waals surface area (Å²) in [4.78, 5) is 10.8. The van der Waals surface area contributed by atoms with E-state index in [4.69, 9.17) is 4.74 Å². The number of ether oxygens (including phenoxy) is 1. The van der Waals surface area contributed by atoms with Crippen molar-refractivity contribution in [2.75, 3.05) is 13.1 Å². The topological polar surface area (TPSA) is 58.5 Å². The van der Waals surface area contributed by atoms with Gasteiger partial charge in [0.1, 0.15) is 18.0 Å². The second kappa shape index (κ2) is 7.40. The molecule has 5 heteroatoms. The van der Waals surface area contributed by atoms with Crippen molar-refractivity contribution in [1.82, 2.24) is 14.9 Å². The average Bonchev–Trinajstić information content (AvgIpc) is 2.66. The van der Waals surface area contributed by atoms with Gasteiger partial charge in [-0.15, -0.1) is 0 Å². The Bertz CT molecular complexity index is 894. The third-order valence-electron chi connectivity index (χ3n) is 5.02. The first-order valence-electron chi connectivity index (χ1n) is 9.01. The summed E-state index contributed by atoms with van der Waals surface area (Å²) in [6.45, 7) is 4.40. The number of fused-ring (bicyclic) bond motifs is 1. The third-order valence-corrected chi connectivity index (χ3v) is 5.02. The van der Waals surface area contributed by atoms with Crippen molar-refractivity contribution in [3.05, 3.63) is 66.1 Å². The van der Waals surface area contributed by atoms with Gasteiger partial charge in [0.15, 0.2) is 0 Å². The lowest BCUT2D eigenvalue weighted by Crippen LogP contribution is -2.48. The van der Waals surface area contributed by atoms with Gasteiger partial charge in [0.25, 0.3) is 0 Å². The van der Waals surface area contributed by atoms with Gasteiger partial charge < -0.3 is 9.84 Å². The normalized spacial score (nSPS) is 21.0. The van der Waals surface area contributed by atoms with E-state index in [1.807, 2.05) is 48.8 Å². The summed E-state index contributed by atoms with van der Waals surface area (Å²) >= 11 is 0. The van der Waals surface area contributed by atoms with Gasteiger partial charge in [0.05, 0.1) is 5.52 Å². The Balaban J connectivity index is 1.43. The van der Waals surface area contributed by atoms with Crippen molar-refractivity contribution >= 4 is 10.9 Å². The molecule has 26 heavy (non-hydrogen) atoms. The number of aliphatic hydroxyl groups excluding tert-OH is 1. The number of hydrogen-bond donors (Lipinski definition) is 1. The number of nitrogens with zero attached hydrogens (tertiary/aromatic N) is 3. The molecule has 1 aromatic carbocycles. The van der Waals surface area contributed by atoms with Crippen LogP contribution in [0.5, 0.6) is 5.75 Å². The van der Waals surface area contributed by atoms with Gasteiger partial charge in [0, 0.05) is 43.6 Å². The lowest BCUT2D eigenvalue weighted by molar-refractivity contribution is -0.0269. The van der Waals surface area contributed by atoms with E-state index in [1.54, 1.807) is 6.20 Å². The van der Waals surface area contributed by atoms with Crippen molar-refractivity contribution in [3.63, 3.8) is 0 Å². The highest BCUT2D eigenvalue weighted by Gasteiger charge is 2.29. The Labute approximate surface area is 153 Å². The smallest absolute Gasteiger partial charge is 0.129 e. The molecule has 1 aliphatic heterocycles. The summed E-state index contributed by atoms with van der Waals surface area (Å²) in [5.74, 6) is 0.790. The van der Waals surface area contributed by atoms with E-state index < -0.39 is 6.10 Å². The summed E-state index contributed by atoms with van der Waals surface area (Å²) in [6.07, 6.45) is 5.57. The molecule has 0 aliphatic carbocycles. The fourth-order valence-electron chi connectivity index (χ4n) is 3.52. The number of benzene rings is 1. The van der Waals surface area contributed by atoms with Crippen LogP contribution in [0.25, 0.3) is 10.9 Å². The standard InChI is InChI=1S/C21H23N3O2/c1-15-12-22-10-7-16(15)13-24-11-8-21(19(25)14-24)26-20-6-2-5-18-17(20)4-3-9-23-18/h2-7,9-10,12,19,21,25H,8,11,13-14H2,1H3/t19-,21-/m1/s1. The van der Waals surface area contributed by atoms with Gasteiger partial charge in [-0.3, -0.25) is 14.9 Å². The van der Waals surface area contributed by atoms with E-state index in [0.717, 1.165) is 36.2 Å². The van der Waals surface area contributed by atoms with Crippen LogP contribution in [0.15, 0.2) is 55.0 Å². The number of pyridine rings is 2. The van der Waals surface area contributed by atoms with Crippen LogP contribution in [0.1, 0.15) is 17.5 Å². The number of piperidine rings is 1. The van der Waals surface area contributed by atoms with E-state index in [1.165, 1.54) is 11.1 Å². The van der Waals surface area contributed by atoms with Crippen LogP contribution >= 0.6 is 0 Å². The molecule has 0 unspecified atom stereocenters. The second-order valence-electron chi connectivity index (χ2n) is 6.88. The minimum Gasteiger partial charge on any atom is -0.487 e. The fourth-order valence-corrected chi connectivity index (χ4v) is 3.52. The van der Waals surface area contributed by atoms with Gasteiger partial charge in [-0.05, 0) is 54.8 Å². The first kappa shape index (κ1) is 16.9. The lowest BCUT2D eigenvalue weighted by Gasteiger charge is -2.36. The SMILES string of the molecule is Cc1cnccc1CN1CC[C@@H](Oc2cccc3ncccc23)[C@H](O)C1. The second-order valence-corrected chi connectivity index (χ2v) is 6.88. The molecule has 0 radical (unpaired) electrons. The molecule has 0 saturated carbocycles. The predicted molar refractivity (Wildman–Crippen MR) is 101 cm³/mol. The van der Waals surface area contributed by atoms with Crippen molar-refractivity contribution in [2.24, 2.45) is 0 Å². The van der Waals surface area contributed by atoms with Crippen LogP contribution in [0.2, 0.25) is 0 Å². The molecular formula is C21H23N3O2. The van der Waals surface area contributed by atoms with Crippen LogP contribution in [0.3, 0.4) is 0 Å². The van der Waals surface area contributed by atoms with Crippen molar-refractivity contribution < 1.29 is 9.84 Å². The van der Waals surface area contributed by atoms with Gasteiger partial charge in [-0.2, -0.15) is 0 Å². The van der Waals surface area contributed by atoms with Crippen LogP contribution in [-0.4, -0.2) is 45.3 Å². The fraction of sp³-hybridized carbons (Fsp3) is 0.333. The van der Waals surface area contributed by atoms with Crippen LogP contribution in [0.4, 0.5) is 0 Å². The highest BCUT2D eigenvalue weighted by atomic mass is 16.5. The molecule has 0 bridgehead atoms. The van der Waals surface area contributed by atoms with Gasteiger partial charge in [0.2, 0.25) is 0 Å². The van der Waals surface area contributed by atoms with Gasteiger partial charge >= 0.3 is 0 Å². The van der Waals surface area contributed by atoms with E-state index >= 15 is 0 Å². The molecule has 5 nitrogen and oxygen atoms in total. The maximum atomic E-state index is 10.6. The number of likely N-dealkylation sites (tertiary alicyclic amines) is 1. The molecule has 1 saturated heterocycles. The summed E-state index contributed by atoms with van der Waals surface area (Å²) < 4.78 is 6.18. The highest BCUT2D eigenvalue weighted by molar-refractivity contribution is 5.84. The third kappa shape index (κ3) is 3.54. The maximum Gasteiger partial charge on any atom is 0.129 e. The van der Waals surface area contributed by atoms with Gasteiger partial charge in [-0.1, -0.05) is 6.07 Å². The van der Waals surface area contributed by atoms with Crippen molar-refractivity contribution in [2.45, 2.75) is 32.1 Å². The summed E-state index contributed by atoms with van der Waals surface area (Å²) in [7, 11) is 0. The zero-order valence-corrected chi connectivity index (χ0v) is 14.9. The Hall–Kier alpha value is -2.50. The zero-order chi connectivity index (χ0) is 17.9. The van der Waals surface area contributed by atoms with Crippen molar-refractivity contribution in [1.29, 1.82) is 0 Å². The van der Waals surface area contributed by atoms with Crippen LogP contribution in [-0.2, 0) is 6.54 Å². The molecule has 2 aromatic heterocycles. The Kier molecular flexibility index (Phi) is 4.82. The number of aliphatic hydroxyl groups is 1. The average molecular weight is 349 g/mol. The molecule has 3 aromatic rings. The lowest BCUT2D eigenvalue weighted by atomic mass is 10.0. The number of β-amino-alcohol motifs (C(OH)–C–C–N with tert-alkyl or cyclic N) is 1. The zero-order valence-electron chi connectivity index (χ0n) is 14.9.